The summed E-state index contributed by atoms with van der Waals surface area (Å²) in [7, 11) is 0. The highest BCUT2D eigenvalue weighted by Gasteiger charge is 2.58. The number of rotatable bonds is 3. The maximum atomic E-state index is 11.6. The second kappa shape index (κ2) is 3.37. The Morgan fingerprint density at radius 2 is 1.79 bits per heavy atom. The highest BCUT2D eigenvalue weighted by molar-refractivity contribution is 6.03. The molecule has 1 aliphatic carbocycles. The molecular formula is C11H18O3. The summed E-state index contributed by atoms with van der Waals surface area (Å²) in [5.74, 6) is -0.401. The van der Waals surface area contributed by atoms with Crippen LogP contribution in [0.15, 0.2) is 0 Å². The molecule has 3 nitrogen and oxygen atoms in total. The molecule has 0 bridgehead atoms. The Morgan fingerprint density at radius 3 is 2.07 bits per heavy atom. The van der Waals surface area contributed by atoms with Crippen molar-refractivity contribution in [2.24, 2.45) is 10.8 Å². The standard InChI is InChI=1S/C11H18O3/c1-5-14-9(13)11(8(2)12)6-10(3,4)7-11/h5-7H2,1-4H3. The molecule has 0 amide bonds. The van der Waals surface area contributed by atoms with Gasteiger partial charge in [-0.2, -0.15) is 0 Å². The van der Waals surface area contributed by atoms with Gasteiger partial charge < -0.3 is 4.74 Å². The third-order valence-electron chi connectivity index (χ3n) is 2.90. The van der Waals surface area contributed by atoms with Crippen molar-refractivity contribution in [1.82, 2.24) is 0 Å². The zero-order chi connectivity index (χ0) is 11.0. The van der Waals surface area contributed by atoms with Gasteiger partial charge in [-0.25, -0.2) is 0 Å². The summed E-state index contributed by atoms with van der Waals surface area (Å²) in [6.07, 6.45) is 1.24. The lowest BCUT2D eigenvalue weighted by atomic mass is 9.53. The molecule has 0 atom stereocenters. The van der Waals surface area contributed by atoms with E-state index in [0.29, 0.717) is 19.4 Å². The number of hydrogen-bond donors (Lipinski definition) is 0. The number of hydrogen-bond acceptors (Lipinski definition) is 3. The minimum Gasteiger partial charge on any atom is -0.465 e. The quantitative estimate of drug-likeness (QED) is 0.514. The molecule has 0 radical (unpaired) electrons. The van der Waals surface area contributed by atoms with E-state index in [2.05, 4.69) is 13.8 Å². The highest BCUT2D eigenvalue weighted by atomic mass is 16.5. The van der Waals surface area contributed by atoms with Crippen molar-refractivity contribution < 1.29 is 14.3 Å². The Hall–Kier alpha value is -0.860. The first kappa shape index (κ1) is 11.2. The second-order valence-electron chi connectivity index (χ2n) is 4.88. The predicted molar refractivity (Wildman–Crippen MR) is 52.8 cm³/mol. The van der Waals surface area contributed by atoms with Gasteiger partial charge >= 0.3 is 5.97 Å². The van der Waals surface area contributed by atoms with Gasteiger partial charge in [0, 0.05) is 0 Å². The van der Waals surface area contributed by atoms with Crippen molar-refractivity contribution in [3.63, 3.8) is 0 Å². The van der Waals surface area contributed by atoms with Gasteiger partial charge in [-0.1, -0.05) is 13.8 Å². The summed E-state index contributed by atoms with van der Waals surface area (Å²) < 4.78 is 4.94. The van der Waals surface area contributed by atoms with Crippen LogP contribution in [0.5, 0.6) is 0 Å². The number of ether oxygens (including phenoxy) is 1. The summed E-state index contributed by atoms with van der Waals surface area (Å²) in [5, 5.41) is 0. The first-order valence-electron chi connectivity index (χ1n) is 5.02. The molecule has 0 saturated heterocycles. The normalized spacial score (nSPS) is 22.3. The monoisotopic (exact) mass is 198 g/mol. The van der Waals surface area contributed by atoms with Gasteiger partial charge in [0.05, 0.1) is 6.61 Å². The first-order valence-corrected chi connectivity index (χ1v) is 5.02. The van der Waals surface area contributed by atoms with Crippen LogP contribution in [-0.4, -0.2) is 18.4 Å². The lowest BCUT2D eigenvalue weighted by Crippen LogP contribution is -2.53. The fourth-order valence-electron chi connectivity index (χ4n) is 2.39. The lowest BCUT2D eigenvalue weighted by Gasteiger charge is -2.49. The average molecular weight is 198 g/mol. The Bertz CT molecular complexity index is 258. The minimum atomic E-state index is -0.834. The fourth-order valence-corrected chi connectivity index (χ4v) is 2.39. The van der Waals surface area contributed by atoms with E-state index in [1.54, 1.807) is 6.92 Å². The smallest absolute Gasteiger partial charge is 0.319 e. The van der Waals surface area contributed by atoms with E-state index in [4.69, 9.17) is 4.74 Å². The lowest BCUT2D eigenvalue weighted by molar-refractivity contribution is -0.174. The molecule has 0 spiro atoms. The van der Waals surface area contributed by atoms with Crippen LogP contribution in [0.25, 0.3) is 0 Å². The molecule has 0 aliphatic heterocycles. The molecular weight excluding hydrogens is 180 g/mol. The number of ketones is 1. The van der Waals surface area contributed by atoms with Crippen LogP contribution in [0.2, 0.25) is 0 Å². The van der Waals surface area contributed by atoms with E-state index in [9.17, 15) is 9.59 Å². The van der Waals surface area contributed by atoms with Gasteiger partial charge in [0.1, 0.15) is 11.2 Å². The van der Waals surface area contributed by atoms with Gasteiger partial charge in [0.2, 0.25) is 0 Å². The molecule has 1 aliphatic rings. The molecule has 0 aromatic heterocycles. The fraction of sp³-hybridized carbons (Fsp3) is 0.818. The topological polar surface area (TPSA) is 43.4 Å². The maximum absolute atomic E-state index is 11.6. The zero-order valence-corrected chi connectivity index (χ0v) is 9.35. The molecule has 0 N–H and O–H groups in total. The van der Waals surface area contributed by atoms with E-state index in [1.807, 2.05) is 0 Å². The van der Waals surface area contributed by atoms with Crippen LogP contribution in [0.4, 0.5) is 0 Å². The third kappa shape index (κ3) is 1.68. The summed E-state index contributed by atoms with van der Waals surface area (Å²) in [4.78, 5) is 23.1. The summed E-state index contributed by atoms with van der Waals surface area (Å²) in [6, 6.07) is 0. The first-order chi connectivity index (χ1) is 6.34. The van der Waals surface area contributed by atoms with Crippen molar-refractivity contribution in [2.75, 3.05) is 6.61 Å². The van der Waals surface area contributed by atoms with Crippen molar-refractivity contribution in [2.45, 2.75) is 40.5 Å². The van der Waals surface area contributed by atoms with Crippen LogP contribution >= 0.6 is 0 Å². The zero-order valence-electron chi connectivity index (χ0n) is 9.35. The SMILES string of the molecule is CCOC(=O)C1(C(C)=O)CC(C)(C)C1. The number of carbonyl (C=O) groups excluding carboxylic acids is 2. The van der Waals surface area contributed by atoms with Crippen molar-refractivity contribution in [3.05, 3.63) is 0 Å². The molecule has 0 aromatic rings. The molecule has 1 saturated carbocycles. The van der Waals surface area contributed by atoms with E-state index in [-0.39, 0.29) is 17.2 Å². The van der Waals surface area contributed by atoms with Crippen molar-refractivity contribution in [1.29, 1.82) is 0 Å². The molecule has 1 fully saturated rings. The highest BCUT2D eigenvalue weighted by Crippen LogP contribution is 2.55. The summed E-state index contributed by atoms with van der Waals surface area (Å²) in [5.41, 5.74) is -0.738. The van der Waals surface area contributed by atoms with Gasteiger partial charge in [-0.3, -0.25) is 9.59 Å². The largest absolute Gasteiger partial charge is 0.465 e. The van der Waals surface area contributed by atoms with Crippen LogP contribution in [0, 0.1) is 10.8 Å². The molecule has 3 heteroatoms. The second-order valence-corrected chi connectivity index (χ2v) is 4.88. The van der Waals surface area contributed by atoms with E-state index >= 15 is 0 Å². The molecule has 80 valence electrons. The minimum absolute atomic E-state index is 0.0599. The van der Waals surface area contributed by atoms with Crippen molar-refractivity contribution >= 4 is 11.8 Å². The number of Topliss-reactive ketones (excluding diaryl/α,β-unsaturated/α-hetero) is 1. The Balaban J connectivity index is 2.78. The summed E-state index contributed by atoms with van der Waals surface area (Å²) >= 11 is 0. The number of esters is 1. The Labute approximate surface area is 84.8 Å². The Kier molecular flexibility index (Phi) is 2.70. The molecule has 0 aromatic carbocycles. The number of carbonyl (C=O) groups is 2. The third-order valence-corrected chi connectivity index (χ3v) is 2.90. The van der Waals surface area contributed by atoms with E-state index in [0.717, 1.165) is 0 Å². The van der Waals surface area contributed by atoms with Crippen LogP contribution in [0.3, 0.4) is 0 Å². The van der Waals surface area contributed by atoms with E-state index < -0.39 is 5.41 Å². The molecule has 0 heterocycles. The van der Waals surface area contributed by atoms with Gasteiger partial charge in [0.15, 0.2) is 0 Å². The molecule has 0 unspecified atom stereocenters. The van der Waals surface area contributed by atoms with Crippen molar-refractivity contribution in [3.8, 4) is 0 Å². The predicted octanol–water partition coefficient (Wildman–Crippen LogP) is 1.94. The van der Waals surface area contributed by atoms with Gasteiger partial charge in [-0.05, 0) is 32.1 Å². The average Bonchev–Trinajstić information content (AvgIpc) is 1.99. The van der Waals surface area contributed by atoms with E-state index in [1.165, 1.54) is 6.92 Å². The van der Waals surface area contributed by atoms with Crippen LogP contribution in [-0.2, 0) is 14.3 Å². The Morgan fingerprint density at radius 1 is 1.29 bits per heavy atom. The van der Waals surface area contributed by atoms with Gasteiger partial charge in [-0.15, -0.1) is 0 Å². The summed E-state index contributed by atoms with van der Waals surface area (Å²) in [6.45, 7) is 7.71. The molecule has 14 heavy (non-hydrogen) atoms. The molecule has 1 rings (SSSR count). The van der Waals surface area contributed by atoms with Crippen LogP contribution in [0.1, 0.15) is 40.5 Å². The van der Waals surface area contributed by atoms with Gasteiger partial charge in [0.25, 0.3) is 0 Å². The maximum Gasteiger partial charge on any atom is 0.319 e. The van der Waals surface area contributed by atoms with Crippen LogP contribution < -0.4 is 0 Å².